The third-order valence-electron chi connectivity index (χ3n) is 3.78. The molecule has 1 atom stereocenters. The molecule has 1 aliphatic heterocycles. The maximum Gasteiger partial charge on any atom is 0.119 e. The molecule has 1 aromatic rings. The number of aliphatic hydroxyl groups is 1. The first-order valence-electron chi connectivity index (χ1n) is 7.61. The summed E-state index contributed by atoms with van der Waals surface area (Å²) in [6.07, 6.45) is 2.16. The first-order valence-corrected chi connectivity index (χ1v) is 7.98. The van der Waals surface area contributed by atoms with Crippen molar-refractivity contribution in [1.29, 1.82) is 0 Å². The molecule has 1 aliphatic rings. The molecule has 21 heavy (non-hydrogen) atoms. The number of aliphatic hydroxyl groups excluding tert-OH is 1. The molecule has 0 aromatic heterocycles. The number of benzene rings is 1. The fraction of sp³-hybridized carbons (Fsp3) is 0.625. The number of halogens is 1. The molecule has 0 aliphatic carbocycles. The van der Waals surface area contributed by atoms with Gasteiger partial charge in [0.1, 0.15) is 18.5 Å². The van der Waals surface area contributed by atoms with Gasteiger partial charge in [0.15, 0.2) is 0 Å². The summed E-state index contributed by atoms with van der Waals surface area (Å²) in [6.45, 7) is 5.43. The molecule has 0 spiro atoms. The van der Waals surface area contributed by atoms with Crippen LogP contribution in [0, 0.1) is 0 Å². The van der Waals surface area contributed by atoms with E-state index in [0.717, 1.165) is 18.8 Å². The van der Waals surface area contributed by atoms with Gasteiger partial charge < -0.3 is 19.6 Å². The Kier molecular flexibility index (Phi) is 6.77. The van der Waals surface area contributed by atoms with Crippen molar-refractivity contribution in [2.24, 2.45) is 0 Å². The van der Waals surface area contributed by atoms with Gasteiger partial charge in [-0.05, 0) is 57.2 Å². The molecule has 1 heterocycles. The number of hydrogen-bond acceptors (Lipinski definition) is 4. The molecular formula is C16H25ClN2O2. The second kappa shape index (κ2) is 8.59. The molecule has 5 heteroatoms. The summed E-state index contributed by atoms with van der Waals surface area (Å²) in [5, 5.41) is 10.7. The molecular weight excluding hydrogens is 288 g/mol. The number of nitrogens with zero attached hydrogens (tertiary/aromatic N) is 2. The molecule has 0 radical (unpaired) electrons. The van der Waals surface area contributed by atoms with E-state index in [1.807, 2.05) is 19.2 Å². The maximum atomic E-state index is 10.0. The summed E-state index contributed by atoms with van der Waals surface area (Å²) in [6, 6.07) is 7.19. The van der Waals surface area contributed by atoms with Crippen molar-refractivity contribution in [3.05, 3.63) is 29.3 Å². The normalized spacial score (nSPS) is 17.3. The van der Waals surface area contributed by atoms with Crippen LogP contribution in [-0.4, -0.2) is 67.4 Å². The highest BCUT2D eigenvalue weighted by Gasteiger charge is 2.13. The summed E-state index contributed by atoms with van der Waals surface area (Å²) >= 11 is 5.82. The number of hydrogen-bond donors (Lipinski definition) is 1. The Balaban J connectivity index is 1.61. The third kappa shape index (κ3) is 6.22. The van der Waals surface area contributed by atoms with Crippen LogP contribution in [0.2, 0.25) is 5.02 Å². The van der Waals surface area contributed by atoms with Gasteiger partial charge in [-0.25, -0.2) is 0 Å². The minimum atomic E-state index is -0.482. The van der Waals surface area contributed by atoms with Gasteiger partial charge in [-0.15, -0.1) is 0 Å². The van der Waals surface area contributed by atoms with Crippen molar-refractivity contribution in [3.63, 3.8) is 0 Å². The van der Waals surface area contributed by atoms with Gasteiger partial charge in [-0.1, -0.05) is 11.6 Å². The fourth-order valence-electron chi connectivity index (χ4n) is 2.55. The number of likely N-dealkylation sites (N-methyl/N-ethyl adjacent to an activating group) is 1. The van der Waals surface area contributed by atoms with Crippen LogP contribution in [0.15, 0.2) is 24.3 Å². The predicted molar refractivity (Wildman–Crippen MR) is 86.1 cm³/mol. The van der Waals surface area contributed by atoms with E-state index in [1.165, 1.54) is 25.9 Å². The van der Waals surface area contributed by atoms with Crippen LogP contribution in [0.5, 0.6) is 5.75 Å². The van der Waals surface area contributed by atoms with Crippen LogP contribution < -0.4 is 4.74 Å². The van der Waals surface area contributed by atoms with E-state index in [1.54, 1.807) is 12.1 Å². The number of likely N-dealkylation sites (tertiary alicyclic amines) is 1. The zero-order valence-electron chi connectivity index (χ0n) is 12.7. The van der Waals surface area contributed by atoms with Gasteiger partial charge in [0, 0.05) is 24.7 Å². The quantitative estimate of drug-likeness (QED) is 0.797. The van der Waals surface area contributed by atoms with Gasteiger partial charge in [0.05, 0.1) is 0 Å². The summed E-state index contributed by atoms with van der Waals surface area (Å²) in [5.41, 5.74) is 0. The number of rotatable bonds is 8. The second-order valence-corrected chi connectivity index (χ2v) is 6.17. The largest absolute Gasteiger partial charge is 0.491 e. The zero-order chi connectivity index (χ0) is 15.1. The standard InChI is InChI=1S/C16H25ClN2O2/c1-18(10-11-19-8-2-3-9-19)12-15(20)13-21-16-6-4-14(17)5-7-16/h4-7,15,20H,2-3,8-13H2,1H3. The lowest BCUT2D eigenvalue weighted by Crippen LogP contribution is -2.37. The molecule has 2 rings (SSSR count). The Hall–Kier alpha value is -0.810. The number of ether oxygens (including phenoxy) is 1. The molecule has 0 bridgehead atoms. The highest BCUT2D eigenvalue weighted by molar-refractivity contribution is 6.30. The second-order valence-electron chi connectivity index (χ2n) is 5.73. The van der Waals surface area contributed by atoms with E-state index < -0.39 is 6.10 Å². The summed E-state index contributed by atoms with van der Waals surface area (Å²) < 4.78 is 5.56. The Labute approximate surface area is 132 Å². The van der Waals surface area contributed by atoms with E-state index in [4.69, 9.17) is 16.3 Å². The zero-order valence-corrected chi connectivity index (χ0v) is 13.4. The summed E-state index contributed by atoms with van der Waals surface area (Å²) in [7, 11) is 2.04. The van der Waals surface area contributed by atoms with Crippen LogP contribution in [-0.2, 0) is 0 Å². The molecule has 4 nitrogen and oxygen atoms in total. The van der Waals surface area contributed by atoms with Crippen LogP contribution in [0.25, 0.3) is 0 Å². The van der Waals surface area contributed by atoms with Crippen molar-refractivity contribution >= 4 is 11.6 Å². The minimum absolute atomic E-state index is 0.301. The van der Waals surface area contributed by atoms with Crippen LogP contribution in [0.1, 0.15) is 12.8 Å². The van der Waals surface area contributed by atoms with E-state index in [9.17, 15) is 5.11 Å². The Morgan fingerprint density at radius 2 is 1.95 bits per heavy atom. The fourth-order valence-corrected chi connectivity index (χ4v) is 2.67. The van der Waals surface area contributed by atoms with E-state index in [2.05, 4.69) is 9.80 Å². The highest BCUT2D eigenvalue weighted by Crippen LogP contribution is 2.15. The van der Waals surface area contributed by atoms with Crippen molar-refractivity contribution in [1.82, 2.24) is 9.80 Å². The smallest absolute Gasteiger partial charge is 0.119 e. The van der Waals surface area contributed by atoms with Gasteiger partial charge in [0.25, 0.3) is 0 Å². The first kappa shape index (κ1) is 16.6. The van der Waals surface area contributed by atoms with Crippen LogP contribution in [0.3, 0.4) is 0 Å². The Morgan fingerprint density at radius 3 is 2.62 bits per heavy atom. The lowest BCUT2D eigenvalue weighted by molar-refractivity contribution is 0.0738. The SMILES string of the molecule is CN(CCN1CCCC1)CC(O)COc1ccc(Cl)cc1. The van der Waals surface area contributed by atoms with E-state index in [0.29, 0.717) is 18.2 Å². The highest BCUT2D eigenvalue weighted by atomic mass is 35.5. The Morgan fingerprint density at radius 1 is 1.29 bits per heavy atom. The van der Waals surface area contributed by atoms with Crippen molar-refractivity contribution < 1.29 is 9.84 Å². The van der Waals surface area contributed by atoms with E-state index >= 15 is 0 Å². The molecule has 1 N–H and O–H groups in total. The molecule has 1 unspecified atom stereocenters. The maximum absolute atomic E-state index is 10.0. The minimum Gasteiger partial charge on any atom is -0.491 e. The van der Waals surface area contributed by atoms with E-state index in [-0.39, 0.29) is 0 Å². The molecule has 118 valence electrons. The monoisotopic (exact) mass is 312 g/mol. The average molecular weight is 313 g/mol. The topological polar surface area (TPSA) is 35.9 Å². The van der Waals surface area contributed by atoms with Crippen molar-refractivity contribution in [2.75, 3.05) is 46.4 Å². The Bertz CT molecular complexity index is 407. The van der Waals surface area contributed by atoms with Gasteiger partial charge >= 0.3 is 0 Å². The van der Waals surface area contributed by atoms with Crippen molar-refractivity contribution in [2.45, 2.75) is 18.9 Å². The lowest BCUT2D eigenvalue weighted by atomic mass is 10.3. The average Bonchev–Trinajstić information content (AvgIpc) is 2.98. The van der Waals surface area contributed by atoms with Crippen LogP contribution >= 0.6 is 11.6 Å². The molecule has 1 aromatic carbocycles. The van der Waals surface area contributed by atoms with Crippen LogP contribution in [0.4, 0.5) is 0 Å². The van der Waals surface area contributed by atoms with Crippen molar-refractivity contribution in [3.8, 4) is 5.75 Å². The molecule has 1 saturated heterocycles. The summed E-state index contributed by atoms with van der Waals surface area (Å²) in [5.74, 6) is 0.734. The van der Waals surface area contributed by atoms with Gasteiger partial charge in [-0.2, -0.15) is 0 Å². The van der Waals surface area contributed by atoms with Gasteiger partial charge in [0.2, 0.25) is 0 Å². The van der Waals surface area contributed by atoms with Gasteiger partial charge in [-0.3, -0.25) is 0 Å². The molecule has 1 fully saturated rings. The third-order valence-corrected chi connectivity index (χ3v) is 4.03. The predicted octanol–water partition coefficient (Wildman–Crippen LogP) is 2.11. The molecule has 0 amide bonds. The lowest BCUT2D eigenvalue weighted by Gasteiger charge is -2.23. The molecule has 0 saturated carbocycles. The summed E-state index contributed by atoms with van der Waals surface area (Å²) in [4.78, 5) is 4.64. The first-order chi connectivity index (χ1) is 10.1.